The average molecular weight is 311 g/mol. The summed E-state index contributed by atoms with van der Waals surface area (Å²) in [4.78, 5) is 0. The highest BCUT2D eigenvalue weighted by Gasteiger charge is 2.31. The van der Waals surface area contributed by atoms with Crippen molar-refractivity contribution in [2.24, 2.45) is 0 Å². The fraction of sp³-hybridized carbons (Fsp3) is 0.250. The molecule has 0 bridgehead atoms. The predicted molar refractivity (Wildman–Crippen MR) is 63.1 cm³/mol. The Bertz CT molecular complexity index is 606. The van der Waals surface area contributed by atoms with Crippen molar-refractivity contribution in [3.05, 3.63) is 47.3 Å². The third-order valence-electron chi connectivity index (χ3n) is 2.65. The van der Waals surface area contributed by atoms with E-state index < -0.39 is 23.9 Å². The van der Waals surface area contributed by atoms with Gasteiger partial charge in [0, 0.05) is 5.56 Å². The minimum absolute atomic E-state index is 0.0825. The molecule has 8 heteroatoms. The summed E-state index contributed by atoms with van der Waals surface area (Å²) in [6.07, 6.45) is -6.32. The maximum Gasteiger partial charge on any atom is 0.416 e. The van der Waals surface area contributed by atoms with Crippen molar-refractivity contribution in [2.75, 3.05) is 0 Å². The second-order valence-corrected chi connectivity index (χ2v) is 4.22. The monoisotopic (exact) mass is 310 g/mol. The Morgan fingerprint density at radius 3 is 2.50 bits per heavy atom. The zero-order valence-electron chi connectivity index (χ0n) is 9.83. The van der Waals surface area contributed by atoms with E-state index >= 15 is 0 Å². The lowest BCUT2D eigenvalue weighted by atomic mass is 10.2. The molecule has 1 aromatic heterocycles. The van der Waals surface area contributed by atoms with Crippen molar-refractivity contribution in [1.29, 1.82) is 0 Å². The smallest absolute Gasteiger partial charge is 0.232 e. The zero-order chi connectivity index (χ0) is 14.9. The second kappa shape index (κ2) is 5.40. The van der Waals surface area contributed by atoms with Crippen molar-refractivity contribution >= 4 is 11.6 Å². The number of aromatic nitrogens is 2. The second-order valence-electron chi connectivity index (χ2n) is 3.95. The highest BCUT2D eigenvalue weighted by molar-refractivity contribution is 6.17. The Hall–Kier alpha value is -1.63. The molecule has 2 nitrogen and oxygen atoms in total. The van der Waals surface area contributed by atoms with Gasteiger partial charge in [-0.05, 0) is 18.2 Å². The van der Waals surface area contributed by atoms with Crippen LogP contribution in [0.25, 0.3) is 5.69 Å². The van der Waals surface area contributed by atoms with Crippen molar-refractivity contribution in [2.45, 2.75) is 18.5 Å². The summed E-state index contributed by atoms with van der Waals surface area (Å²) in [5.74, 6) is -0.196. The van der Waals surface area contributed by atoms with Gasteiger partial charge in [-0.1, -0.05) is 6.07 Å². The van der Waals surface area contributed by atoms with Gasteiger partial charge in [-0.2, -0.15) is 18.3 Å². The summed E-state index contributed by atoms with van der Waals surface area (Å²) in [7, 11) is 0. The summed E-state index contributed by atoms with van der Waals surface area (Å²) in [6, 6.07) is 4.02. The fourth-order valence-corrected chi connectivity index (χ4v) is 1.95. The topological polar surface area (TPSA) is 17.8 Å². The van der Waals surface area contributed by atoms with Crippen molar-refractivity contribution in [3.63, 3.8) is 0 Å². The zero-order valence-corrected chi connectivity index (χ0v) is 10.6. The molecule has 0 N–H and O–H groups in total. The van der Waals surface area contributed by atoms with Gasteiger partial charge in [0.1, 0.15) is 5.69 Å². The first kappa shape index (κ1) is 14.8. The van der Waals surface area contributed by atoms with E-state index in [-0.39, 0.29) is 17.1 Å². The summed E-state index contributed by atoms with van der Waals surface area (Å²) in [5, 5.41) is 3.69. The minimum atomic E-state index is -4.55. The minimum Gasteiger partial charge on any atom is -0.232 e. The van der Waals surface area contributed by atoms with Crippen LogP contribution in [0.5, 0.6) is 0 Å². The number of alkyl halides is 6. The summed E-state index contributed by atoms with van der Waals surface area (Å²) in [5.41, 5.74) is -1.44. The van der Waals surface area contributed by atoms with Crippen molar-refractivity contribution in [3.8, 4) is 5.69 Å². The molecule has 0 saturated carbocycles. The Morgan fingerprint density at radius 1 is 1.25 bits per heavy atom. The lowest BCUT2D eigenvalue weighted by Gasteiger charge is -2.11. The van der Waals surface area contributed by atoms with Gasteiger partial charge in [-0.25, -0.2) is 13.5 Å². The van der Waals surface area contributed by atoms with Crippen molar-refractivity contribution in [1.82, 2.24) is 9.78 Å². The van der Waals surface area contributed by atoms with Gasteiger partial charge in [0.05, 0.1) is 23.3 Å². The maximum absolute atomic E-state index is 13.0. The van der Waals surface area contributed by atoms with E-state index in [0.717, 1.165) is 29.1 Å². The number of hydrogen-bond donors (Lipinski definition) is 0. The lowest BCUT2D eigenvalue weighted by Crippen LogP contribution is -2.08. The Morgan fingerprint density at radius 2 is 1.95 bits per heavy atom. The molecule has 1 heterocycles. The van der Waals surface area contributed by atoms with E-state index in [1.54, 1.807) is 0 Å². The molecule has 1 aromatic carbocycles. The Kier molecular flexibility index (Phi) is 3.99. The first-order valence-corrected chi connectivity index (χ1v) is 5.96. The molecule has 0 atom stereocenters. The van der Waals surface area contributed by atoms with Crippen molar-refractivity contribution < 1.29 is 22.0 Å². The van der Waals surface area contributed by atoms with E-state index in [9.17, 15) is 22.0 Å². The van der Waals surface area contributed by atoms with Gasteiger partial charge in [0.15, 0.2) is 0 Å². The van der Waals surface area contributed by atoms with Gasteiger partial charge >= 0.3 is 6.18 Å². The number of hydrogen-bond acceptors (Lipinski definition) is 1. The molecule has 2 rings (SSSR count). The largest absolute Gasteiger partial charge is 0.416 e. The predicted octanol–water partition coefficient (Wildman–Crippen LogP) is 4.57. The van der Waals surface area contributed by atoms with E-state index in [1.165, 1.54) is 6.07 Å². The van der Waals surface area contributed by atoms with Gasteiger partial charge in [0.25, 0.3) is 6.43 Å². The molecule has 2 aromatic rings. The first-order chi connectivity index (χ1) is 9.34. The van der Waals surface area contributed by atoms with Gasteiger partial charge in [0.2, 0.25) is 0 Å². The molecular weight excluding hydrogens is 303 g/mol. The third-order valence-corrected chi connectivity index (χ3v) is 2.94. The van der Waals surface area contributed by atoms with Crippen LogP contribution in [0.1, 0.15) is 23.2 Å². The molecule has 0 fully saturated rings. The van der Waals surface area contributed by atoms with Crippen LogP contribution in [0.3, 0.4) is 0 Å². The van der Waals surface area contributed by atoms with Crippen LogP contribution in [0.4, 0.5) is 22.0 Å². The van der Waals surface area contributed by atoms with E-state index in [4.69, 9.17) is 11.6 Å². The van der Waals surface area contributed by atoms with Crippen LogP contribution < -0.4 is 0 Å². The standard InChI is InChI=1S/C12H8ClF5N2/c13-5-7-6-19-20(10(7)11(14)15)9-3-1-2-8(4-9)12(16,17)18/h1-4,6,11H,5H2. The molecule has 0 saturated heterocycles. The molecule has 0 spiro atoms. The number of benzene rings is 1. The fourth-order valence-electron chi connectivity index (χ4n) is 1.75. The SMILES string of the molecule is FC(F)c1c(CCl)cnn1-c1cccc(C(F)(F)F)c1. The maximum atomic E-state index is 13.0. The highest BCUT2D eigenvalue weighted by atomic mass is 35.5. The molecule has 0 amide bonds. The molecule has 0 aliphatic carbocycles. The Labute approximate surface area is 115 Å². The van der Waals surface area contributed by atoms with E-state index in [1.807, 2.05) is 0 Å². The normalized spacial score (nSPS) is 12.2. The molecule has 0 radical (unpaired) electrons. The molecule has 108 valence electrons. The molecule has 20 heavy (non-hydrogen) atoms. The summed E-state index contributed by atoms with van der Waals surface area (Å²) >= 11 is 5.51. The molecule has 0 aliphatic heterocycles. The first-order valence-electron chi connectivity index (χ1n) is 5.43. The molecule has 0 unspecified atom stereocenters. The Balaban J connectivity index is 2.55. The summed E-state index contributed by atoms with van der Waals surface area (Å²) < 4.78 is 64.6. The van der Waals surface area contributed by atoms with Crippen LogP contribution in [0, 0.1) is 0 Å². The van der Waals surface area contributed by atoms with Gasteiger partial charge in [-0.3, -0.25) is 0 Å². The van der Waals surface area contributed by atoms with Crippen LogP contribution in [0.15, 0.2) is 30.5 Å². The van der Waals surface area contributed by atoms with Crippen LogP contribution in [-0.4, -0.2) is 9.78 Å². The third kappa shape index (κ3) is 2.77. The van der Waals surface area contributed by atoms with E-state index in [0.29, 0.717) is 0 Å². The van der Waals surface area contributed by atoms with Crippen LogP contribution in [0.2, 0.25) is 0 Å². The van der Waals surface area contributed by atoms with Crippen LogP contribution >= 0.6 is 11.6 Å². The molecule has 0 aliphatic rings. The van der Waals surface area contributed by atoms with Crippen LogP contribution in [-0.2, 0) is 12.1 Å². The number of nitrogens with zero attached hydrogens (tertiary/aromatic N) is 2. The summed E-state index contributed by atoms with van der Waals surface area (Å²) in [6.45, 7) is 0. The molecular formula is C12H8ClF5N2. The van der Waals surface area contributed by atoms with Gasteiger partial charge in [-0.15, -0.1) is 11.6 Å². The average Bonchev–Trinajstić information content (AvgIpc) is 2.81. The highest BCUT2D eigenvalue weighted by Crippen LogP contribution is 2.32. The quantitative estimate of drug-likeness (QED) is 0.600. The van der Waals surface area contributed by atoms with Gasteiger partial charge < -0.3 is 0 Å². The lowest BCUT2D eigenvalue weighted by molar-refractivity contribution is -0.137. The number of rotatable bonds is 3. The van der Waals surface area contributed by atoms with E-state index in [2.05, 4.69) is 5.10 Å². The number of halogens is 6.